The lowest BCUT2D eigenvalue weighted by atomic mass is 10.2. The molecule has 1 N–H and O–H groups in total. The lowest BCUT2D eigenvalue weighted by Gasteiger charge is -2.06. The topological polar surface area (TPSA) is 37.8 Å². The Morgan fingerprint density at radius 3 is 2.80 bits per heavy atom. The first-order valence-corrected chi connectivity index (χ1v) is 8.13. The third kappa shape index (κ3) is 4.12. The van der Waals surface area contributed by atoms with Crippen LogP contribution in [0.25, 0.3) is 10.7 Å². The van der Waals surface area contributed by atoms with Crippen molar-refractivity contribution in [2.75, 3.05) is 6.54 Å². The van der Waals surface area contributed by atoms with Gasteiger partial charge in [-0.1, -0.05) is 33.3 Å². The molecular formula is C16H23N3S. The highest BCUT2D eigenvalue weighted by Gasteiger charge is 2.12. The third-order valence-electron chi connectivity index (χ3n) is 2.99. The van der Waals surface area contributed by atoms with Crippen LogP contribution in [-0.2, 0) is 13.0 Å². The van der Waals surface area contributed by atoms with Crippen LogP contribution in [0.1, 0.15) is 37.8 Å². The molecule has 0 aliphatic carbocycles. The molecule has 2 heterocycles. The molecule has 0 unspecified atom stereocenters. The zero-order valence-electron chi connectivity index (χ0n) is 12.5. The predicted molar refractivity (Wildman–Crippen MR) is 85.9 cm³/mol. The molecule has 3 nitrogen and oxygen atoms in total. The Kier molecular flexibility index (Phi) is 5.68. The minimum Gasteiger partial charge on any atom is -0.312 e. The van der Waals surface area contributed by atoms with E-state index in [-0.39, 0.29) is 0 Å². The van der Waals surface area contributed by atoms with E-state index in [9.17, 15) is 0 Å². The van der Waals surface area contributed by atoms with Crippen LogP contribution < -0.4 is 5.32 Å². The summed E-state index contributed by atoms with van der Waals surface area (Å²) in [5.74, 6) is 0.674. The third-order valence-corrected chi connectivity index (χ3v) is 4.11. The minimum absolute atomic E-state index is 0.674. The average Bonchev–Trinajstić information content (AvgIpc) is 2.83. The molecule has 0 amide bonds. The molecule has 2 aromatic heterocycles. The summed E-state index contributed by atoms with van der Waals surface area (Å²) >= 11 is 1.77. The van der Waals surface area contributed by atoms with Gasteiger partial charge < -0.3 is 5.32 Å². The molecule has 20 heavy (non-hydrogen) atoms. The van der Waals surface area contributed by atoms with Crippen molar-refractivity contribution in [1.29, 1.82) is 0 Å². The Labute approximate surface area is 125 Å². The Balaban J connectivity index is 2.15. The van der Waals surface area contributed by atoms with Crippen LogP contribution in [0.2, 0.25) is 0 Å². The van der Waals surface area contributed by atoms with Gasteiger partial charge in [-0.3, -0.25) is 4.98 Å². The molecule has 0 aliphatic heterocycles. The summed E-state index contributed by atoms with van der Waals surface area (Å²) in [5.41, 5.74) is 2.21. The fourth-order valence-electron chi connectivity index (χ4n) is 2.03. The smallest absolute Gasteiger partial charge is 0.142 e. The number of hydrogen-bond acceptors (Lipinski definition) is 4. The number of rotatable bonds is 7. The van der Waals surface area contributed by atoms with Crippen LogP contribution in [0.15, 0.2) is 24.4 Å². The van der Waals surface area contributed by atoms with Crippen LogP contribution in [0.4, 0.5) is 0 Å². The summed E-state index contributed by atoms with van der Waals surface area (Å²) in [4.78, 5) is 10.5. The van der Waals surface area contributed by atoms with E-state index in [0.29, 0.717) is 5.92 Å². The Hall–Kier alpha value is -1.26. The fraction of sp³-hybridized carbons (Fsp3) is 0.500. The molecule has 4 heteroatoms. The maximum Gasteiger partial charge on any atom is 0.142 e. The van der Waals surface area contributed by atoms with Crippen LogP contribution in [0.3, 0.4) is 0 Å². The van der Waals surface area contributed by atoms with Gasteiger partial charge in [0.1, 0.15) is 5.01 Å². The summed E-state index contributed by atoms with van der Waals surface area (Å²) in [6, 6.07) is 5.98. The molecule has 2 rings (SSSR count). The van der Waals surface area contributed by atoms with Gasteiger partial charge >= 0.3 is 0 Å². The first kappa shape index (κ1) is 15.1. The molecular weight excluding hydrogens is 266 g/mol. The van der Waals surface area contributed by atoms with Crippen molar-refractivity contribution >= 4 is 11.3 Å². The van der Waals surface area contributed by atoms with E-state index in [4.69, 9.17) is 4.98 Å². The number of aromatic nitrogens is 2. The average molecular weight is 289 g/mol. The van der Waals surface area contributed by atoms with E-state index in [2.05, 4.69) is 31.1 Å². The van der Waals surface area contributed by atoms with Crippen molar-refractivity contribution in [3.63, 3.8) is 0 Å². The molecule has 0 aliphatic rings. The van der Waals surface area contributed by atoms with Crippen molar-refractivity contribution in [3.05, 3.63) is 35.0 Å². The second-order valence-corrected chi connectivity index (χ2v) is 6.46. The van der Waals surface area contributed by atoms with E-state index in [1.807, 2.05) is 24.4 Å². The van der Waals surface area contributed by atoms with E-state index in [0.717, 1.165) is 36.6 Å². The van der Waals surface area contributed by atoms with Gasteiger partial charge in [0.25, 0.3) is 0 Å². The highest BCUT2D eigenvalue weighted by molar-refractivity contribution is 7.15. The van der Waals surface area contributed by atoms with Gasteiger partial charge in [0.05, 0.1) is 11.4 Å². The molecule has 108 valence electrons. The molecule has 2 aromatic rings. The van der Waals surface area contributed by atoms with Crippen LogP contribution in [0, 0.1) is 5.92 Å². The van der Waals surface area contributed by atoms with Gasteiger partial charge in [-0.15, -0.1) is 11.3 Å². The van der Waals surface area contributed by atoms with Gasteiger partial charge in [-0.05, 0) is 31.0 Å². The predicted octanol–water partition coefficient (Wildman–Crippen LogP) is 3.90. The number of hydrogen-bond donors (Lipinski definition) is 1. The molecule has 0 saturated carbocycles. The molecule has 0 aromatic carbocycles. The lowest BCUT2D eigenvalue weighted by Crippen LogP contribution is -2.19. The minimum atomic E-state index is 0.674. The highest BCUT2D eigenvalue weighted by Crippen LogP contribution is 2.27. The Morgan fingerprint density at radius 2 is 2.15 bits per heavy atom. The van der Waals surface area contributed by atoms with Gasteiger partial charge in [0.15, 0.2) is 0 Å². The summed E-state index contributed by atoms with van der Waals surface area (Å²) in [6.45, 7) is 8.61. The van der Waals surface area contributed by atoms with Crippen LogP contribution >= 0.6 is 11.3 Å². The number of pyridine rings is 1. The zero-order chi connectivity index (χ0) is 14.4. The maximum absolute atomic E-state index is 4.78. The molecule has 0 fully saturated rings. The Bertz CT molecular complexity index is 520. The normalized spacial score (nSPS) is 11.2. The monoisotopic (exact) mass is 289 g/mol. The molecule has 0 spiro atoms. The molecule has 0 saturated heterocycles. The van der Waals surface area contributed by atoms with Gasteiger partial charge in [0, 0.05) is 17.6 Å². The summed E-state index contributed by atoms with van der Waals surface area (Å²) in [5, 5.41) is 4.55. The molecule has 0 bridgehead atoms. The van der Waals surface area contributed by atoms with Crippen molar-refractivity contribution in [2.24, 2.45) is 5.92 Å². The van der Waals surface area contributed by atoms with Crippen LogP contribution in [-0.4, -0.2) is 16.5 Å². The quantitative estimate of drug-likeness (QED) is 0.840. The second-order valence-electron chi connectivity index (χ2n) is 5.38. The van der Waals surface area contributed by atoms with E-state index >= 15 is 0 Å². The van der Waals surface area contributed by atoms with E-state index < -0.39 is 0 Å². The number of nitrogens with zero attached hydrogens (tertiary/aromatic N) is 2. The summed E-state index contributed by atoms with van der Waals surface area (Å²) in [7, 11) is 0. The van der Waals surface area contributed by atoms with Gasteiger partial charge in [-0.25, -0.2) is 4.98 Å². The lowest BCUT2D eigenvalue weighted by molar-refractivity contribution is 0.553. The first-order valence-electron chi connectivity index (χ1n) is 7.31. The van der Waals surface area contributed by atoms with Gasteiger partial charge in [-0.2, -0.15) is 0 Å². The fourth-order valence-corrected chi connectivity index (χ4v) is 3.08. The van der Waals surface area contributed by atoms with E-state index in [1.54, 1.807) is 11.3 Å². The Morgan fingerprint density at radius 1 is 1.30 bits per heavy atom. The van der Waals surface area contributed by atoms with Crippen molar-refractivity contribution in [1.82, 2.24) is 15.3 Å². The number of aryl methyl sites for hydroxylation is 1. The van der Waals surface area contributed by atoms with Crippen molar-refractivity contribution in [3.8, 4) is 10.7 Å². The molecule has 0 atom stereocenters. The number of nitrogens with one attached hydrogen (secondary N) is 1. The standard InChI is InChI=1S/C16H23N3S/c1-4-7-13-15(11-17-10-12(2)3)20-16(19-13)14-8-5-6-9-18-14/h5-6,8-9,12,17H,4,7,10-11H2,1-3H3. The SMILES string of the molecule is CCCc1nc(-c2ccccn2)sc1CNCC(C)C. The second kappa shape index (κ2) is 7.50. The summed E-state index contributed by atoms with van der Waals surface area (Å²) in [6.07, 6.45) is 4.00. The van der Waals surface area contributed by atoms with Gasteiger partial charge in [0.2, 0.25) is 0 Å². The van der Waals surface area contributed by atoms with Crippen LogP contribution in [0.5, 0.6) is 0 Å². The summed E-state index contributed by atoms with van der Waals surface area (Å²) < 4.78 is 0. The zero-order valence-corrected chi connectivity index (χ0v) is 13.3. The molecule has 0 radical (unpaired) electrons. The van der Waals surface area contributed by atoms with Crippen molar-refractivity contribution < 1.29 is 0 Å². The largest absolute Gasteiger partial charge is 0.312 e. The highest BCUT2D eigenvalue weighted by atomic mass is 32.1. The maximum atomic E-state index is 4.78. The number of thiazole rings is 1. The van der Waals surface area contributed by atoms with E-state index in [1.165, 1.54) is 10.6 Å². The van der Waals surface area contributed by atoms with Crippen molar-refractivity contribution in [2.45, 2.75) is 40.2 Å². The first-order chi connectivity index (χ1) is 9.70.